The van der Waals surface area contributed by atoms with Crippen LogP contribution in [-0.2, 0) is 9.59 Å². The van der Waals surface area contributed by atoms with Gasteiger partial charge in [-0.05, 0) is 34.1 Å². The minimum absolute atomic E-state index is 0.268. The second kappa shape index (κ2) is 6.13. The highest BCUT2D eigenvalue weighted by molar-refractivity contribution is 9.10. The van der Waals surface area contributed by atoms with Gasteiger partial charge in [0.1, 0.15) is 6.04 Å². The number of anilines is 1. The summed E-state index contributed by atoms with van der Waals surface area (Å²) in [6, 6.07) is 3.68. The fourth-order valence-corrected chi connectivity index (χ4v) is 2.53. The number of aliphatic carboxylic acids is 1. The molecular formula is C13H14BrN3O4. The molecule has 1 aromatic carbocycles. The van der Waals surface area contributed by atoms with E-state index in [1.165, 1.54) is 4.90 Å². The van der Waals surface area contributed by atoms with Crippen LogP contribution in [0.15, 0.2) is 22.7 Å². The Kier molecular flexibility index (Phi) is 4.46. The maximum absolute atomic E-state index is 12.5. The van der Waals surface area contributed by atoms with Gasteiger partial charge in [-0.2, -0.15) is 0 Å². The average molecular weight is 356 g/mol. The number of nitrogens with two attached hydrogens (primary N) is 1. The van der Waals surface area contributed by atoms with E-state index in [2.05, 4.69) is 21.2 Å². The number of nitrogens with zero attached hydrogens (tertiary/aromatic N) is 1. The number of carboxylic acids is 1. The van der Waals surface area contributed by atoms with Gasteiger partial charge in [-0.25, -0.2) is 0 Å². The number of nitrogens with one attached hydrogen (secondary N) is 1. The molecule has 0 spiro atoms. The third-order valence-electron chi connectivity index (χ3n) is 3.21. The van der Waals surface area contributed by atoms with Crippen molar-refractivity contribution < 1.29 is 19.5 Å². The molecule has 2 rings (SSSR count). The Morgan fingerprint density at radius 1 is 1.48 bits per heavy atom. The van der Waals surface area contributed by atoms with E-state index in [0.717, 1.165) is 0 Å². The Morgan fingerprint density at radius 3 is 2.81 bits per heavy atom. The summed E-state index contributed by atoms with van der Waals surface area (Å²) in [4.78, 5) is 36.4. The van der Waals surface area contributed by atoms with Gasteiger partial charge in [-0.15, -0.1) is 0 Å². The molecule has 1 unspecified atom stereocenters. The van der Waals surface area contributed by atoms with Crippen LogP contribution in [0.2, 0.25) is 0 Å². The van der Waals surface area contributed by atoms with Crippen molar-refractivity contribution in [3.05, 3.63) is 28.2 Å². The number of benzene rings is 1. The summed E-state index contributed by atoms with van der Waals surface area (Å²) in [6.45, 7) is 0.571. The number of piperazine rings is 1. The Balaban J connectivity index is 2.27. The lowest BCUT2D eigenvalue weighted by atomic mass is 10.1. The molecule has 1 heterocycles. The van der Waals surface area contributed by atoms with E-state index >= 15 is 0 Å². The molecule has 1 aliphatic rings. The number of carbonyl (C=O) groups is 3. The summed E-state index contributed by atoms with van der Waals surface area (Å²) in [5.41, 5.74) is 6.51. The van der Waals surface area contributed by atoms with Gasteiger partial charge in [0.15, 0.2) is 0 Å². The molecular weight excluding hydrogens is 342 g/mol. The van der Waals surface area contributed by atoms with E-state index in [-0.39, 0.29) is 6.54 Å². The van der Waals surface area contributed by atoms with Crippen molar-refractivity contribution in [2.45, 2.75) is 12.5 Å². The van der Waals surface area contributed by atoms with E-state index in [9.17, 15) is 14.4 Å². The van der Waals surface area contributed by atoms with Crippen LogP contribution in [0.3, 0.4) is 0 Å². The van der Waals surface area contributed by atoms with Gasteiger partial charge in [0, 0.05) is 28.8 Å². The smallest absolute Gasteiger partial charge is 0.305 e. The lowest BCUT2D eigenvalue weighted by Crippen LogP contribution is -2.57. The van der Waals surface area contributed by atoms with Gasteiger partial charge in [-0.3, -0.25) is 14.4 Å². The average Bonchev–Trinajstić information content (AvgIpc) is 2.43. The van der Waals surface area contributed by atoms with E-state index in [4.69, 9.17) is 10.8 Å². The fourth-order valence-electron chi connectivity index (χ4n) is 2.15. The third kappa shape index (κ3) is 3.33. The quantitative estimate of drug-likeness (QED) is 0.681. The third-order valence-corrected chi connectivity index (χ3v) is 3.89. The summed E-state index contributed by atoms with van der Waals surface area (Å²) < 4.78 is 0.574. The van der Waals surface area contributed by atoms with Crippen LogP contribution < -0.4 is 11.1 Å². The SMILES string of the molecule is Nc1ccc(C(=O)N2CCNC(=O)C2CC(=O)O)cc1Br. The Hall–Kier alpha value is -2.09. The maximum atomic E-state index is 12.5. The number of nitrogen functional groups attached to an aromatic ring is 1. The molecule has 0 bridgehead atoms. The van der Waals surface area contributed by atoms with E-state index in [0.29, 0.717) is 22.3 Å². The highest BCUT2D eigenvalue weighted by atomic mass is 79.9. The molecule has 1 atom stereocenters. The molecule has 0 aromatic heterocycles. The molecule has 1 aromatic rings. The highest BCUT2D eigenvalue weighted by Gasteiger charge is 2.35. The van der Waals surface area contributed by atoms with Crippen LogP contribution >= 0.6 is 15.9 Å². The monoisotopic (exact) mass is 355 g/mol. The van der Waals surface area contributed by atoms with Gasteiger partial charge in [0.2, 0.25) is 5.91 Å². The minimum atomic E-state index is -1.13. The minimum Gasteiger partial charge on any atom is -0.481 e. The van der Waals surface area contributed by atoms with Gasteiger partial charge >= 0.3 is 5.97 Å². The Labute approximate surface area is 129 Å². The Morgan fingerprint density at radius 2 is 2.19 bits per heavy atom. The van der Waals surface area contributed by atoms with E-state index < -0.39 is 30.2 Å². The maximum Gasteiger partial charge on any atom is 0.305 e. The number of hydrogen-bond acceptors (Lipinski definition) is 4. The van der Waals surface area contributed by atoms with Crippen LogP contribution in [-0.4, -0.2) is 46.9 Å². The van der Waals surface area contributed by atoms with E-state index in [1.807, 2.05) is 0 Å². The van der Waals surface area contributed by atoms with Gasteiger partial charge in [0.25, 0.3) is 5.91 Å². The van der Waals surface area contributed by atoms with E-state index in [1.54, 1.807) is 18.2 Å². The standard InChI is InChI=1S/C13H14BrN3O4/c14-8-5-7(1-2-9(8)15)13(21)17-4-3-16-12(20)10(17)6-11(18)19/h1-2,5,10H,3-4,6,15H2,(H,16,20)(H,18,19). The Bertz CT molecular complexity index is 605. The second-order valence-corrected chi connectivity index (χ2v) is 5.49. The van der Waals surface area contributed by atoms with Crippen LogP contribution in [0, 0.1) is 0 Å². The molecule has 0 saturated carbocycles. The van der Waals surface area contributed by atoms with Gasteiger partial charge in [-0.1, -0.05) is 0 Å². The van der Waals surface area contributed by atoms with Crippen LogP contribution in [0.4, 0.5) is 5.69 Å². The van der Waals surface area contributed by atoms with Crippen molar-refractivity contribution in [1.82, 2.24) is 10.2 Å². The molecule has 1 saturated heterocycles. The van der Waals surface area contributed by atoms with Crippen LogP contribution in [0.5, 0.6) is 0 Å². The lowest BCUT2D eigenvalue weighted by Gasteiger charge is -2.34. The molecule has 7 nitrogen and oxygen atoms in total. The van der Waals surface area contributed by atoms with Gasteiger partial charge < -0.3 is 21.1 Å². The zero-order valence-corrected chi connectivity index (χ0v) is 12.6. The number of rotatable bonds is 3. The van der Waals surface area contributed by atoms with Crippen molar-refractivity contribution in [2.75, 3.05) is 18.8 Å². The van der Waals surface area contributed by atoms with Gasteiger partial charge in [0.05, 0.1) is 6.42 Å². The molecule has 112 valence electrons. The highest BCUT2D eigenvalue weighted by Crippen LogP contribution is 2.22. The van der Waals surface area contributed by atoms with Crippen molar-refractivity contribution in [3.63, 3.8) is 0 Å². The first kappa shape index (κ1) is 15.3. The predicted molar refractivity (Wildman–Crippen MR) is 78.6 cm³/mol. The lowest BCUT2D eigenvalue weighted by molar-refractivity contribution is -0.142. The zero-order valence-electron chi connectivity index (χ0n) is 11.0. The summed E-state index contributed by atoms with van der Waals surface area (Å²) in [7, 11) is 0. The zero-order chi connectivity index (χ0) is 15.6. The normalized spacial score (nSPS) is 18.2. The largest absolute Gasteiger partial charge is 0.481 e. The molecule has 21 heavy (non-hydrogen) atoms. The summed E-state index contributed by atoms with van der Waals surface area (Å²) >= 11 is 3.24. The van der Waals surface area contributed by atoms with Crippen molar-refractivity contribution in [1.29, 1.82) is 0 Å². The molecule has 1 fully saturated rings. The molecule has 4 N–H and O–H groups in total. The number of halogens is 1. The number of carbonyl (C=O) groups excluding carboxylic acids is 2. The first-order chi connectivity index (χ1) is 9.90. The summed E-state index contributed by atoms with van der Waals surface area (Å²) in [5, 5.41) is 11.5. The molecule has 2 amide bonds. The number of hydrogen-bond donors (Lipinski definition) is 3. The first-order valence-corrected chi connectivity index (χ1v) is 7.05. The molecule has 1 aliphatic heterocycles. The first-order valence-electron chi connectivity index (χ1n) is 6.25. The number of amides is 2. The van der Waals surface area contributed by atoms with Crippen molar-refractivity contribution in [2.24, 2.45) is 0 Å². The summed E-state index contributed by atoms with van der Waals surface area (Å²) in [5.74, 6) is -1.98. The molecule has 0 radical (unpaired) electrons. The molecule has 0 aliphatic carbocycles. The van der Waals surface area contributed by atoms with Crippen LogP contribution in [0.25, 0.3) is 0 Å². The summed E-state index contributed by atoms with van der Waals surface area (Å²) in [6.07, 6.45) is -0.423. The van der Waals surface area contributed by atoms with Crippen LogP contribution in [0.1, 0.15) is 16.8 Å². The number of carboxylic acid groups (broad SMARTS) is 1. The second-order valence-electron chi connectivity index (χ2n) is 4.64. The van der Waals surface area contributed by atoms with Crippen molar-refractivity contribution in [3.8, 4) is 0 Å². The van der Waals surface area contributed by atoms with Crippen molar-refractivity contribution >= 4 is 39.4 Å². The topological polar surface area (TPSA) is 113 Å². The molecule has 8 heteroatoms. The fraction of sp³-hybridized carbons (Fsp3) is 0.308. The predicted octanol–water partition coefficient (Wildman–Crippen LogP) is 0.447.